The molecule has 0 saturated heterocycles. The molecule has 2 aromatic carbocycles. The summed E-state index contributed by atoms with van der Waals surface area (Å²) in [5, 5.41) is 0. The molecule has 0 aromatic heterocycles. The maximum absolute atomic E-state index is 12.1. The van der Waals surface area contributed by atoms with Crippen molar-refractivity contribution in [3.8, 4) is 0 Å². The van der Waals surface area contributed by atoms with Crippen LogP contribution in [0, 0.1) is 0 Å². The second kappa shape index (κ2) is 6.87. The van der Waals surface area contributed by atoms with Gasteiger partial charge in [-0.15, -0.1) is 0 Å². The standard InChI is InChI=1S/C17H20N2O/c1-2-14-8-10-16(11-9-14)19(17(20)12-18)13-15-6-4-3-5-7-15/h3-11H,2,12-13,18H2,1H3. The number of hydrogen-bond acceptors (Lipinski definition) is 2. The molecule has 0 atom stereocenters. The van der Waals surface area contributed by atoms with Gasteiger partial charge in [0.2, 0.25) is 5.91 Å². The highest BCUT2D eigenvalue weighted by atomic mass is 16.2. The number of nitrogens with two attached hydrogens (primary N) is 1. The van der Waals surface area contributed by atoms with Gasteiger partial charge in [0.05, 0.1) is 13.1 Å². The molecule has 0 unspecified atom stereocenters. The quantitative estimate of drug-likeness (QED) is 0.906. The summed E-state index contributed by atoms with van der Waals surface area (Å²) in [6.45, 7) is 2.67. The van der Waals surface area contributed by atoms with Crippen molar-refractivity contribution < 1.29 is 4.79 Å². The van der Waals surface area contributed by atoms with Crippen molar-refractivity contribution in [3.63, 3.8) is 0 Å². The van der Waals surface area contributed by atoms with Gasteiger partial charge >= 0.3 is 0 Å². The predicted octanol–water partition coefficient (Wildman–Crippen LogP) is 2.74. The molecule has 0 bridgehead atoms. The molecular formula is C17H20N2O. The molecule has 3 nitrogen and oxygen atoms in total. The van der Waals surface area contributed by atoms with Crippen LogP contribution < -0.4 is 10.6 Å². The van der Waals surface area contributed by atoms with Gasteiger partial charge in [-0.25, -0.2) is 0 Å². The van der Waals surface area contributed by atoms with Crippen LogP contribution >= 0.6 is 0 Å². The smallest absolute Gasteiger partial charge is 0.241 e. The maximum Gasteiger partial charge on any atom is 0.241 e. The van der Waals surface area contributed by atoms with Crippen LogP contribution in [-0.4, -0.2) is 12.5 Å². The van der Waals surface area contributed by atoms with Gasteiger partial charge in [0.15, 0.2) is 0 Å². The third kappa shape index (κ3) is 3.45. The molecule has 104 valence electrons. The number of carbonyl (C=O) groups is 1. The van der Waals surface area contributed by atoms with E-state index in [1.165, 1.54) is 5.56 Å². The summed E-state index contributed by atoms with van der Waals surface area (Å²) in [5.41, 5.74) is 8.77. The Morgan fingerprint density at radius 1 is 1.00 bits per heavy atom. The van der Waals surface area contributed by atoms with Gasteiger partial charge in [0.1, 0.15) is 0 Å². The number of anilines is 1. The monoisotopic (exact) mass is 268 g/mol. The minimum absolute atomic E-state index is 0.0162. The largest absolute Gasteiger partial charge is 0.322 e. The van der Waals surface area contributed by atoms with Gasteiger partial charge in [-0.2, -0.15) is 0 Å². The summed E-state index contributed by atoms with van der Waals surface area (Å²) in [7, 11) is 0. The van der Waals surface area contributed by atoms with E-state index in [2.05, 4.69) is 19.1 Å². The molecule has 0 aliphatic carbocycles. The van der Waals surface area contributed by atoms with Gasteiger partial charge in [-0.05, 0) is 29.7 Å². The average molecular weight is 268 g/mol. The van der Waals surface area contributed by atoms with Gasteiger partial charge < -0.3 is 10.6 Å². The van der Waals surface area contributed by atoms with Gasteiger partial charge in [-0.3, -0.25) is 4.79 Å². The lowest BCUT2D eigenvalue weighted by atomic mass is 10.1. The van der Waals surface area contributed by atoms with Crippen molar-refractivity contribution in [1.82, 2.24) is 0 Å². The van der Waals surface area contributed by atoms with Crippen molar-refractivity contribution in [2.24, 2.45) is 5.73 Å². The lowest BCUT2D eigenvalue weighted by Gasteiger charge is -2.22. The summed E-state index contributed by atoms with van der Waals surface area (Å²) in [6.07, 6.45) is 0.990. The van der Waals surface area contributed by atoms with Crippen molar-refractivity contribution in [2.75, 3.05) is 11.4 Å². The molecule has 3 heteroatoms. The number of hydrogen-bond donors (Lipinski definition) is 1. The number of nitrogens with zero attached hydrogens (tertiary/aromatic N) is 1. The zero-order chi connectivity index (χ0) is 14.4. The zero-order valence-electron chi connectivity index (χ0n) is 11.8. The fourth-order valence-electron chi connectivity index (χ4n) is 2.11. The lowest BCUT2D eigenvalue weighted by molar-refractivity contribution is -0.117. The van der Waals surface area contributed by atoms with Crippen LogP contribution in [0.5, 0.6) is 0 Å². The number of carbonyl (C=O) groups excluding carboxylic acids is 1. The number of rotatable bonds is 5. The van der Waals surface area contributed by atoms with E-state index in [-0.39, 0.29) is 12.5 Å². The molecule has 0 aliphatic heterocycles. The van der Waals surface area contributed by atoms with Crippen LogP contribution in [0.4, 0.5) is 5.69 Å². The third-order valence-corrected chi connectivity index (χ3v) is 3.32. The van der Waals surface area contributed by atoms with Crippen LogP contribution in [0.2, 0.25) is 0 Å². The Labute approximate surface area is 120 Å². The van der Waals surface area contributed by atoms with Crippen molar-refractivity contribution >= 4 is 11.6 Å². The Hall–Kier alpha value is -2.13. The number of benzene rings is 2. The second-order valence-electron chi connectivity index (χ2n) is 4.69. The van der Waals surface area contributed by atoms with Crippen molar-refractivity contribution in [1.29, 1.82) is 0 Å². The Morgan fingerprint density at radius 3 is 2.20 bits per heavy atom. The molecule has 0 heterocycles. The van der Waals surface area contributed by atoms with Crippen LogP contribution in [0.25, 0.3) is 0 Å². The van der Waals surface area contributed by atoms with Crippen molar-refractivity contribution in [3.05, 3.63) is 65.7 Å². The summed E-state index contributed by atoms with van der Waals surface area (Å²) in [6, 6.07) is 18.0. The van der Waals surface area contributed by atoms with E-state index in [1.54, 1.807) is 4.90 Å². The third-order valence-electron chi connectivity index (χ3n) is 3.32. The van der Waals surface area contributed by atoms with Gasteiger partial charge in [0.25, 0.3) is 0 Å². The summed E-state index contributed by atoms with van der Waals surface area (Å²) < 4.78 is 0. The highest BCUT2D eigenvalue weighted by Crippen LogP contribution is 2.18. The molecule has 2 N–H and O–H groups in total. The molecular weight excluding hydrogens is 248 g/mol. The number of aryl methyl sites for hydroxylation is 1. The summed E-state index contributed by atoms with van der Waals surface area (Å²) in [5.74, 6) is -0.0712. The Bertz CT molecular complexity index is 549. The van der Waals surface area contributed by atoms with Crippen LogP contribution in [0.3, 0.4) is 0 Å². The highest BCUT2D eigenvalue weighted by molar-refractivity contribution is 5.94. The zero-order valence-corrected chi connectivity index (χ0v) is 11.8. The van der Waals surface area contributed by atoms with E-state index >= 15 is 0 Å². The first kappa shape index (κ1) is 14.3. The highest BCUT2D eigenvalue weighted by Gasteiger charge is 2.14. The second-order valence-corrected chi connectivity index (χ2v) is 4.69. The Balaban J connectivity index is 2.25. The van der Waals surface area contributed by atoms with E-state index in [9.17, 15) is 4.79 Å². The fraction of sp³-hybridized carbons (Fsp3) is 0.235. The van der Waals surface area contributed by atoms with Crippen molar-refractivity contribution in [2.45, 2.75) is 19.9 Å². The SMILES string of the molecule is CCc1ccc(N(Cc2ccccc2)C(=O)CN)cc1. The summed E-state index contributed by atoms with van der Waals surface area (Å²) >= 11 is 0. The minimum atomic E-state index is -0.0712. The van der Waals surface area contributed by atoms with E-state index in [0.717, 1.165) is 17.7 Å². The molecule has 0 saturated carbocycles. The van der Waals surface area contributed by atoms with E-state index < -0.39 is 0 Å². The first-order valence-electron chi connectivity index (χ1n) is 6.88. The maximum atomic E-state index is 12.1. The molecule has 20 heavy (non-hydrogen) atoms. The molecule has 1 amide bonds. The molecule has 0 fully saturated rings. The molecule has 0 radical (unpaired) electrons. The van der Waals surface area contributed by atoms with E-state index in [1.807, 2.05) is 42.5 Å². The van der Waals surface area contributed by atoms with E-state index in [0.29, 0.717) is 6.54 Å². The van der Waals surface area contributed by atoms with E-state index in [4.69, 9.17) is 5.73 Å². The predicted molar refractivity (Wildman–Crippen MR) is 82.5 cm³/mol. The van der Waals surface area contributed by atoms with Crippen LogP contribution in [0.1, 0.15) is 18.1 Å². The minimum Gasteiger partial charge on any atom is -0.322 e. The first-order chi connectivity index (χ1) is 9.74. The summed E-state index contributed by atoms with van der Waals surface area (Å²) in [4.78, 5) is 13.8. The molecule has 0 spiro atoms. The number of amides is 1. The van der Waals surface area contributed by atoms with Crippen LogP contribution in [0.15, 0.2) is 54.6 Å². The Morgan fingerprint density at radius 2 is 1.65 bits per heavy atom. The normalized spacial score (nSPS) is 10.3. The topological polar surface area (TPSA) is 46.3 Å². The molecule has 0 aliphatic rings. The molecule has 2 aromatic rings. The van der Waals surface area contributed by atoms with Gasteiger partial charge in [0, 0.05) is 5.69 Å². The van der Waals surface area contributed by atoms with Gasteiger partial charge in [-0.1, -0.05) is 49.4 Å². The molecule has 2 rings (SSSR count). The lowest BCUT2D eigenvalue weighted by Crippen LogP contribution is -2.35. The average Bonchev–Trinajstić information content (AvgIpc) is 2.53. The Kier molecular flexibility index (Phi) is 4.91. The first-order valence-corrected chi connectivity index (χ1v) is 6.88. The van der Waals surface area contributed by atoms with Crippen LogP contribution in [-0.2, 0) is 17.8 Å². The fourth-order valence-corrected chi connectivity index (χ4v) is 2.11.